The zero-order chi connectivity index (χ0) is 4.83. The van der Waals surface area contributed by atoms with E-state index < -0.39 is 9.92 Å². The molecule has 0 spiro atoms. The Morgan fingerprint density at radius 1 is 2.00 bits per heavy atom. The highest BCUT2D eigenvalue weighted by Gasteiger charge is 1.69. The molecule has 36 valence electrons. The van der Waals surface area contributed by atoms with Gasteiger partial charge in [-0.05, 0) is 0 Å². The summed E-state index contributed by atoms with van der Waals surface area (Å²) < 4.78 is 4.78. The van der Waals surface area contributed by atoms with Gasteiger partial charge in [0.1, 0.15) is 0 Å². The molecule has 0 atom stereocenters. The van der Waals surface area contributed by atoms with Crippen molar-refractivity contribution >= 4 is 9.92 Å². The fourth-order valence-electron chi connectivity index (χ4n) is 0.151. The highest BCUT2D eigenvalue weighted by atomic mass is 28.2. The van der Waals surface area contributed by atoms with E-state index in [-0.39, 0.29) is 0 Å². The van der Waals surface area contributed by atoms with Gasteiger partial charge >= 0.3 is 0 Å². The first-order valence-electron chi connectivity index (χ1n) is 1.80. The Labute approximate surface area is 40.0 Å². The summed E-state index contributed by atoms with van der Waals surface area (Å²) in [5.41, 5.74) is 0. The molecule has 0 amide bonds. The van der Waals surface area contributed by atoms with Crippen molar-refractivity contribution in [1.82, 2.24) is 0 Å². The lowest BCUT2D eigenvalue weighted by atomic mass is 10.7. The van der Waals surface area contributed by atoms with Crippen LogP contribution >= 0.6 is 0 Å². The van der Waals surface area contributed by atoms with Crippen molar-refractivity contribution in [3.05, 3.63) is 12.7 Å². The fraction of sp³-hybridized carbons (Fsp3) is 0.333. The predicted molar refractivity (Wildman–Crippen MR) is 28.9 cm³/mol. The first-order valence-corrected chi connectivity index (χ1v) is 3.20. The van der Waals surface area contributed by atoms with E-state index in [1.165, 1.54) is 0 Å². The van der Waals surface area contributed by atoms with Gasteiger partial charge in [-0.15, -0.1) is 6.58 Å². The van der Waals surface area contributed by atoms with E-state index in [0.29, 0.717) is 6.61 Å². The van der Waals surface area contributed by atoms with Gasteiger partial charge < -0.3 is 9.83 Å². The van der Waals surface area contributed by atoms with Gasteiger partial charge in [0, 0.05) is 0 Å². The first-order chi connectivity index (χ1) is 2.91. The van der Waals surface area contributed by atoms with Crippen LogP contribution in [0, 0.1) is 0 Å². The number of nitrogens with two attached hydrogens (primary N) is 1. The van der Waals surface area contributed by atoms with Gasteiger partial charge in [-0.3, -0.25) is 0 Å². The van der Waals surface area contributed by atoms with E-state index in [0.717, 1.165) is 0 Å². The Hall–Kier alpha value is -0.123. The summed E-state index contributed by atoms with van der Waals surface area (Å²) in [6, 6.07) is 0. The van der Waals surface area contributed by atoms with E-state index in [1.54, 1.807) is 6.08 Å². The monoisotopic (exact) mass is 103 g/mol. The molecular formula is C3H9NOSi. The molecule has 2 nitrogen and oxygen atoms in total. The zero-order valence-corrected chi connectivity index (χ0v) is 5.10. The average molecular weight is 103 g/mol. The summed E-state index contributed by atoms with van der Waals surface area (Å²) in [6.07, 6.45) is 1.69. The van der Waals surface area contributed by atoms with Gasteiger partial charge in [0.15, 0.2) is 0 Å². The Morgan fingerprint density at radius 3 is 2.83 bits per heavy atom. The van der Waals surface area contributed by atoms with Crippen LogP contribution in [0.25, 0.3) is 0 Å². The van der Waals surface area contributed by atoms with Crippen LogP contribution in [0.2, 0.25) is 0 Å². The Kier molecular flexibility index (Phi) is 4.78. The Bertz CT molecular complexity index is 39.8. The van der Waals surface area contributed by atoms with Crippen molar-refractivity contribution in [2.75, 3.05) is 6.61 Å². The van der Waals surface area contributed by atoms with Crippen molar-refractivity contribution in [3.8, 4) is 0 Å². The van der Waals surface area contributed by atoms with Crippen LogP contribution in [-0.4, -0.2) is 16.5 Å². The van der Waals surface area contributed by atoms with Gasteiger partial charge in [0.25, 0.3) is 0 Å². The van der Waals surface area contributed by atoms with Crippen molar-refractivity contribution in [3.63, 3.8) is 0 Å². The normalized spacial score (nSPS) is 10.2. The van der Waals surface area contributed by atoms with Crippen LogP contribution < -0.4 is 5.40 Å². The molecule has 3 heteroatoms. The summed E-state index contributed by atoms with van der Waals surface area (Å²) in [5, 5.41) is 5.08. The van der Waals surface area contributed by atoms with Gasteiger partial charge in [-0.25, -0.2) is 0 Å². The first kappa shape index (κ1) is 5.88. The lowest BCUT2D eigenvalue weighted by Crippen LogP contribution is -2.09. The fourth-order valence-corrected chi connectivity index (χ4v) is 0.454. The van der Waals surface area contributed by atoms with Crippen LogP contribution in [-0.2, 0) is 4.43 Å². The lowest BCUT2D eigenvalue weighted by molar-refractivity contribution is 0.386. The molecule has 0 saturated heterocycles. The van der Waals surface area contributed by atoms with Crippen LogP contribution in [0.3, 0.4) is 0 Å². The van der Waals surface area contributed by atoms with E-state index in [4.69, 9.17) is 9.83 Å². The molecule has 0 aromatic heterocycles. The molecule has 6 heavy (non-hydrogen) atoms. The SMILES string of the molecule is C=CCO[SiH2]N. The molecule has 0 unspecified atom stereocenters. The smallest absolute Gasteiger partial charge is 0.233 e. The summed E-state index contributed by atoms with van der Waals surface area (Å²) in [5.74, 6) is 0. The minimum absolute atomic E-state index is 0.614. The summed E-state index contributed by atoms with van der Waals surface area (Å²) in [7, 11) is -0.668. The van der Waals surface area contributed by atoms with Crippen LogP contribution in [0.5, 0.6) is 0 Å². The van der Waals surface area contributed by atoms with E-state index in [2.05, 4.69) is 6.58 Å². The van der Waals surface area contributed by atoms with Crippen LogP contribution in [0.4, 0.5) is 0 Å². The molecule has 0 aliphatic carbocycles. The average Bonchev–Trinajstić information content (AvgIpc) is 1.61. The lowest BCUT2D eigenvalue weighted by Gasteiger charge is -1.87. The topological polar surface area (TPSA) is 35.2 Å². The molecule has 0 fully saturated rings. The third kappa shape index (κ3) is 3.88. The Morgan fingerprint density at radius 2 is 2.67 bits per heavy atom. The number of rotatable bonds is 3. The molecule has 0 rings (SSSR count). The molecule has 0 bridgehead atoms. The van der Waals surface area contributed by atoms with E-state index >= 15 is 0 Å². The second-order valence-electron chi connectivity index (χ2n) is 0.826. The van der Waals surface area contributed by atoms with Crippen molar-refractivity contribution in [1.29, 1.82) is 0 Å². The molecule has 0 aromatic carbocycles. The van der Waals surface area contributed by atoms with Crippen molar-refractivity contribution in [2.24, 2.45) is 5.40 Å². The number of hydrogen-bond acceptors (Lipinski definition) is 2. The predicted octanol–water partition coefficient (Wildman–Crippen LogP) is -0.854. The summed E-state index contributed by atoms with van der Waals surface area (Å²) in [6.45, 7) is 4.05. The zero-order valence-electron chi connectivity index (χ0n) is 3.68. The summed E-state index contributed by atoms with van der Waals surface area (Å²) in [4.78, 5) is 0. The molecular weight excluding hydrogens is 94.1 g/mol. The maximum atomic E-state index is 5.08. The van der Waals surface area contributed by atoms with E-state index in [1.807, 2.05) is 0 Å². The second-order valence-corrected chi connectivity index (χ2v) is 1.57. The minimum Gasteiger partial charge on any atom is -0.405 e. The standard InChI is InChI=1S/C3H9NOSi/c1-2-3-5-6-4/h2H,1,3-4,6H2. The second kappa shape index (κ2) is 4.88. The summed E-state index contributed by atoms with van der Waals surface area (Å²) >= 11 is 0. The van der Waals surface area contributed by atoms with E-state index in [9.17, 15) is 0 Å². The van der Waals surface area contributed by atoms with Crippen molar-refractivity contribution < 1.29 is 4.43 Å². The maximum absolute atomic E-state index is 5.08. The molecule has 0 heterocycles. The van der Waals surface area contributed by atoms with Gasteiger partial charge in [-0.2, -0.15) is 0 Å². The van der Waals surface area contributed by atoms with Gasteiger partial charge in [0.2, 0.25) is 9.92 Å². The third-order valence-corrected chi connectivity index (χ3v) is 0.825. The number of hydrogen-bond donors (Lipinski definition) is 1. The quantitative estimate of drug-likeness (QED) is 0.287. The van der Waals surface area contributed by atoms with Crippen LogP contribution in [0.1, 0.15) is 0 Å². The molecule has 0 aliphatic heterocycles. The van der Waals surface area contributed by atoms with Crippen molar-refractivity contribution in [2.45, 2.75) is 0 Å². The molecule has 0 aromatic rings. The highest BCUT2D eigenvalue weighted by Crippen LogP contribution is 1.62. The molecule has 0 saturated carbocycles. The van der Waals surface area contributed by atoms with Crippen LogP contribution in [0.15, 0.2) is 12.7 Å². The molecule has 0 aliphatic rings. The van der Waals surface area contributed by atoms with Gasteiger partial charge in [-0.1, -0.05) is 6.08 Å². The molecule has 0 radical (unpaired) electrons. The molecule has 2 N–H and O–H groups in total. The maximum Gasteiger partial charge on any atom is 0.233 e. The largest absolute Gasteiger partial charge is 0.405 e. The third-order valence-electron chi connectivity index (χ3n) is 0.354. The van der Waals surface area contributed by atoms with Gasteiger partial charge in [0.05, 0.1) is 6.61 Å². The Balaban J connectivity index is 2.49. The highest BCUT2D eigenvalue weighted by molar-refractivity contribution is 6.22. The minimum atomic E-state index is -0.668.